The third-order valence-corrected chi connectivity index (χ3v) is 5.06. The van der Waals surface area contributed by atoms with Gasteiger partial charge in [-0.3, -0.25) is 9.59 Å². The van der Waals surface area contributed by atoms with E-state index >= 15 is 0 Å². The number of esters is 1. The molecule has 0 fully saturated rings. The first-order valence-corrected chi connectivity index (χ1v) is 9.16. The number of amides is 1. The minimum absolute atomic E-state index is 0.00602. The van der Waals surface area contributed by atoms with Crippen LogP contribution in [0, 0.1) is 5.92 Å². The molecule has 3 rings (SSSR count). The van der Waals surface area contributed by atoms with Crippen molar-refractivity contribution in [3.8, 4) is 5.75 Å². The first-order chi connectivity index (χ1) is 13.1. The molecule has 1 amide bonds. The lowest BCUT2D eigenvalue weighted by atomic mass is 9.94. The maximum atomic E-state index is 13.1. The molecule has 27 heavy (non-hydrogen) atoms. The Morgan fingerprint density at radius 2 is 1.89 bits per heavy atom. The van der Waals surface area contributed by atoms with Crippen molar-refractivity contribution in [2.75, 3.05) is 20.8 Å². The maximum Gasteiger partial charge on any atom is 0.306 e. The predicted octanol–water partition coefficient (Wildman–Crippen LogP) is 3.00. The van der Waals surface area contributed by atoms with Crippen LogP contribution < -0.4 is 4.74 Å². The van der Waals surface area contributed by atoms with Gasteiger partial charge in [-0.15, -0.1) is 0 Å². The van der Waals surface area contributed by atoms with Gasteiger partial charge < -0.3 is 14.4 Å². The number of benzene rings is 2. The summed E-state index contributed by atoms with van der Waals surface area (Å²) in [5.41, 5.74) is 3.34. The number of carbonyl (C=O) groups excluding carboxylic acids is 2. The average Bonchev–Trinajstić information content (AvgIpc) is 2.83. The molecule has 0 saturated heterocycles. The summed E-state index contributed by atoms with van der Waals surface area (Å²) in [5, 5.41) is 0. The van der Waals surface area contributed by atoms with Crippen LogP contribution in [0.3, 0.4) is 0 Å². The van der Waals surface area contributed by atoms with Crippen LogP contribution in [0.4, 0.5) is 0 Å². The lowest BCUT2D eigenvalue weighted by molar-refractivity contribution is -0.146. The Kier molecular flexibility index (Phi) is 6.12. The normalized spacial score (nSPS) is 16.4. The van der Waals surface area contributed by atoms with E-state index in [-0.39, 0.29) is 18.3 Å². The number of hydrogen-bond acceptors (Lipinski definition) is 4. The molecule has 0 aliphatic carbocycles. The molecule has 1 heterocycles. The number of rotatable bonds is 6. The zero-order chi connectivity index (χ0) is 19.2. The van der Waals surface area contributed by atoms with Gasteiger partial charge in [0.05, 0.1) is 26.6 Å². The van der Waals surface area contributed by atoms with Crippen molar-refractivity contribution in [1.82, 2.24) is 4.90 Å². The predicted molar refractivity (Wildman–Crippen MR) is 102 cm³/mol. The molecule has 142 valence electrons. The summed E-state index contributed by atoms with van der Waals surface area (Å²) >= 11 is 0. The fourth-order valence-corrected chi connectivity index (χ4v) is 3.51. The van der Waals surface area contributed by atoms with E-state index in [1.807, 2.05) is 41.3 Å². The maximum absolute atomic E-state index is 13.1. The van der Waals surface area contributed by atoms with Gasteiger partial charge in [-0.1, -0.05) is 36.4 Å². The van der Waals surface area contributed by atoms with Crippen molar-refractivity contribution in [3.05, 3.63) is 65.2 Å². The number of carbonyl (C=O) groups is 2. The van der Waals surface area contributed by atoms with Gasteiger partial charge in [-0.05, 0) is 41.7 Å². The summed E-state index contributed by atoms with van der Waals surface area (Å²) < 4.78 is 10.1. The van der Waals surface area contributed by atoms with Crippen LogP contribution in [0.15, 0.2) is 48.5 Å². The highest BCUT2D eigenvalue weighted by molar-refractivity contribution is 5.84. The molecule has 1 atom stereocenters. The fraction of sp³-hybridized carbons (Fsp3) is 0.364. The zero-order valence-corrected chi connectivity index (χ0v) is 15.8. The molecule has 5 heteroatoms. The highest BCUT2D eigenvalue weighted by Gasteiger charge is 2.31. The van der Waals surface area contributed by atoms with Gasteiger partial charge in [-0.25, -0.2) is 0 Å². The Morgan fingerprint density at radius 1 is 1.11 bits per heavy atom. The van der Waals surface area contributed by atoms with Gasteiger partial charge in [0.2, 0.25) is 5.91 Å². The quantitative estimate of drug-likeness (QED) is 0.737. The van der Waals surface area contributed by atoms with E-state index in [9.17, 15) is 9.59 Å². The molecule has 0 spiro atoms. The van der Waals surface area contributed by atoms with Crippen molar-refractivity contribution in [2.24, 2.45) is 5.92 Å². The molecular formula is C22H25NO4. The summed E-state index contributed by atoms with van der Waals surface area (Å²) in [4.78, 5) is 26.8. The van der Waals surface area contributed by atoms with Gasteiger partial charge in [0.25, 0.3) is 0 Å². The molecule has 2 aromatic rings. The topological polar surface area (TPSA) is 55.8 Å². The second-order valence-corrected chi connectivity index (χ2v) is 6.81. The SMILES string of the molecule is COC(=O)C[C@@H]1Cc2ccc(OC)cc2CN(CCc2ccccc2)C1=O. The van der Waals surface area contributed by atoms with Crippen LogP contribution in [0.5, 0.6) is 5.75 Å². The molecule has 1 aliphatic heterocycles. The first-order valence-electron chi connectivity index (χ1n) is 9.16. The lowest BCUT2D eigenvalue weighted by Crippen LogP contribution is -2.37. The Balaban J connectivity index is 1.85. The molecule has 1 aliphatic rings. The van der Waals surface area contributed by atoms with Crippen molar-refractivity contribution in [1.29, 1.82) is 0 Å². The van der Waals surface area contributed by atoms with Crippen LogP contribution in [0.2, 0.25) is 0 Å². The number of hydrogen-bond donors (Lipinski definition) is 0. The summed E-state index contributed by atoms with van der Waals surface area (Å²) in [6.07, 6.45) is 1.41. The number of ether oxygens (including phenoxy) is 2. The molecular weight excluding hydrogens is 342 g/mol. The van der Waals surface area contributed by atoms with E-state index in [1.54, 1.807) is 7.11 Å². The van der Waals surface area contributed by atoms with Crippen molar-refractivity contribution in [3.63, 3.8) is 0 Å². The van der Waals surface area contributed by atoms with E-state index in [4.69, 9.17) is 9.47 Å². The van der Waals surface area contributed by atoms with Crippen molar-refractivity contribution >= 4 is 11.9 Å². The molecule has 2 aromatic carbocycles. The second kappa shape index (κ2) is 8.71. The van der Waals surface area contributed by atoms with E-state index < -0.39 is 5.92 Å². The van der Waals surface area contributed by atoms with Crippen LogP contribution in [-0.4, -0.2) is 37.5 Å². The summed E-state index contributed by atoms with van der Waals surface area (Å²) in [6, 6.07) is 16.0. The summed E-state index contributed by atoms with van der Waals surface area (Å²) in [6.45, 7) is 1.13. The van der Waals surface area contributed by atoms with Gasteiger partial charge in [0.1, 0.15) is 5.75 Å². The Morgan fingerprint density at radius 3 is 2.59 bits per heavy atom. The number of nitrogens with zero attached hydrogens (tertiary/aromatic N) is 1. The molecule has 0 bridgehead atoms. The highest BCUT2D eigenvalue weighted by atomic mass is 16.5. The van der Waals surface area contributed by atoms with Crippen molar-refractivity contribution in [2.45, 2.75) is 25.8 Å². The largest absolute Gasteiger partial charge is 0.497 e. The average molecular weight is 367 g/mol. The Labute approximate surface area is 159 Å². The molecule has 0 radical (unpaired) electrons. The third-order valence-electron chi connectivity index (χ3n) is 5.06. The lowest BCUT2D eigenvalue weighted by Gasteiger charge is -2.24. The Bertz CT molecular complexity index is 803. The van der Waals surface area contributed by atoms with Crippen LogP contribution in [0.1, 0.15) is 23.1 Å². The number of methoxy groups -OCH3 is 2. The van der Waals surface area contributed by atoms with Crippen LogP contribution >= 0.6 is 0 Å². The Hall–Kier alpha value is -2.82. The molecule has 5 nitrogen and oxygen atoms in total. The minimum Gasteiger partial charge on any atom is -0.497 e. The van der Waals surface area contributed by atoms with Gasteiger partial charge in [0, 0.05) is 13.1 Å². The second-order valence-electron chi connectivity index (χ2n) is 6.81. The summed E-state index contributed by atoms with van der Waals surface area (Å²) in [5.74, 6) is 0.0262. The van der Waals surface area contributed by atoms with Gasteiger partial charge in [0.15, 0.2) is 0 Å². The molecule has 0 N–H and O–H groups in total. The standard InChI is InChI=1S/C22H25NO4/c1-26-20-9-8-17-12-18(14-21(24)27-2)22(25)23(15-19(17)13-20)11-10-16-6-4-3-5-7-16/h3-9,13,18H,10-12,14-15H2,1-2H3/t18-/m0/s1. The zero-order valence-electron chi connectivity index (χ0n) is 15.8. The monoisotopic (exact) mass is 367 g/mol. The fourth-order valence-electron chi connectivity index (χ4n) is 3.51. The van der Waals surface area contributed by atoms with Gasteiger partial charge in [-0.2, -0.15) is 0 Å². The smallest absolute Gasteiger partial charge is 0.306 e. The molecule has 0 unspecified atom stereocenters. The molecule has 0 aromatic heterocycles. The van der Waals surface area contributed by atoms with E-state index in [0.29, 0.717) is 19.5 Å². The van der Waals surface area contributed by atoms with E-state index in [2.05, 4.69) is 12.1 Å². The third kappa shape index (κ3) is 4.67. The first kappa shape index (κ1) is 19.0. The van der Waals surface area contributed by atoms with Crippen LogP contribution in [0.25, 0.3) is 0 Å². The van der Waals surface area contributed by atoms with Crippen LogP contribution in [-0.2, 0) is 33.7 Å². The highest BCUT2D eigenvalue weighted by Crippen LogP contribution is 2.28. The van der Waals surface area contributed by atoms with Crippen molar-refractivity contribution < 1.29 is 19.1 Å². The van der Waals surface area contributed by atoms with E-state index in [1.165, 1.54) is 12.7 Å². The minimum atomic E-state index is -0.400. The number of fused-ring (bicyclic) bond motifs is 1. The van der Waals surface area contributed by atoms with Gasteiger partial charge >= 0.3 is 5.97 Å². The van der Waals surface area contributed by atoms with E-state index in [0.717, 1.165) is 23.3 Å². The molecule has 0 saturated carbocycles. The summed E-state index contributed by atoms with van der Waals surface area (Å²) in [7, 11) is 2.99.